The third-order valence-corrected chi connectivity index (χ3v) is 11.6. The van der Waals surface area contributed by atoms with Crippen molar-refractivity contribution in [1.82, 2.24) is 21.3 Å². The first-order chi connectivity index (χ1) is 29.6. The normalized spacial score (nSPS) is 17.9. The predicted octanol–water partition coefficient (Wildman–Crippen LogP) is 12.1. The second-order valence-corrected chi connectivity index (χ2v) is 15.8. The fraction of sp³-hybridized carbons (Fsp3) is 0.127. The van der Waals surface area contributed by atoms with E-state index in [2.05, 4.69) is 222 Å². The van der Waals surface area contributed by atoms with Gasteiger partial charge in [0.1, 0.15) is 0 Å². The van der Waals surface area contributed by atoms with Crippen LogP contribution < -0.4 is 27.0 Å². The Kier molecular flexibility index (Phi) is 11.9. The summed E-state index contributed by atoms with van der Waals surface area (Å²) in [4.78, 5) is 0. The molecule has 1 heterocycles. The zero-order chi connectivity index (χ0) is 40.7. The Morgan fingerprint density at radius 1 is 0.483 bits per heavy atom. The van der Waals surface area contributed by atoms with E-state index in [-0.39, 0.29) is 30.7 Å². The second-order valence-electron chi connectivity index (χ2n) is 15.8. The van der Waals surface area contributed by atoms with Crippen LogP contribution in [0.25, 0.3) is 39.1 Å². The zero-order valence-electron chi connectivity index (χ0n) is 33.9. The summed E-state index contributed by atoms with van der Waals surface area (Å²) in [5.74, 6) is 0. The zero-order valence-corrected chi connectivity index (χ0v) is 33.9. The minimum atomic E-state index is -0.296. The average molecular weight is 782 g/mol. The number of fused-ring (bicyclic) bond motifs is 1. The average Bonchev–Trinajstić information content (AvgIpc) is 3.32. The van der Waals surface area contributed by atoms with Gasteiger partial charge in [-0.25, -0.2) is 0 Å². The minimum absolute atomic E-state index is 0.0116. The molecule has 1 aliphatic heterocycles. The van der Waals surface area contributed by atoms with Crippen LogP contribution in [-0.4, -0.2) is 0 Å². The van der Waals surface area contributed by atoms with E-state index in [0.717, 1.165) is 12.0 Å². The van der Waals surface area contributed by atoms with Crippen LogP contribution in [0.5, 0.6) is 0 Å². The largest absolute Gasteiger partial charge is 0.312 e. The molecular formula is C55H51N5. The number of hydrogen-bond donors (Lipinski definition) is 5. The Bertz CT molecular complexity index is 2600. The van der Waals surface area contributed by atoms with Gasteiger partial charge in [-0.3, -0.25) is 21.3 Å². The first-order valence-electron chi connectivity index (χ1n) is 20.9. The third kappa shape index (κ3) is 8.92. The fourth-order valence-electron chi connectivity index (χ4n) is 8.53. The van der Waals surface area contributed by atoms with Crippen molar-refractivity contribution >= 4 is 16.8 Å². The third-order valence-electron chi connectivity index (χ3n) is 11.6. The molecule has 8 aromatic carbocycles. The van der Waals surface area contributed by atoms with Crippen molar-refractivity contribution in [2.45, 2.75) is 44.0 Å². The maximum absolute atomic E-state index is 6.77. The second kappa shape index (κ2) is 18.2. The Labute approximate surface area is 354 Å². The summed E-state index contributed by atoms with van der Waals surface area (Å²) >= 11 is 0. The van der Waals surface area contributed by atoms with Crippen LogP contribution in [0.15, 0.2) is 212 Å². The van der Waals surface area contributed by atoms with E-state index in [9.17, 15) is 0 Å². The molecule has 8 aromatic rings. The van der Waals surface area contributed by atoms with Crippen LogP contribution in [0.3, 0.4) is 0 Å². The van der Waals surface area contributed by atoms with E-state index < -0.39 is 0 Å². The number of nitrogens with two attached hydrogens (primary N) is 1. The molecule has 0 aliphatic carbocycles. The molecule has 0 amide bonds. The molecule has 0 radical (unpaired) electrons. The van der Waals surface area contributed by atoms with Crippen LogP contribution in [-0.2, 0) is 0 Å². The maximum Gasteiger partial charge on any atom is 0.0864 e. The lowest BCUT2D eigenvalue weighted by Crippen LogP contribution is -2.54. The SMILES string of the molecule is C/C(=C/c1ccccc1)CC(NC(N)c1ccccc1)c1ccc(-c2ccc(-c3ccc(C4NC(c5ccccc5)NC(c5ccccc5)N4)cc3)c3ccccc23)cc1. The first-order valence-corrected chi connectivity index (χ1v) is 20.9. The summed E-state index contributed by atoms with van der Waals surface area (Å²) in [6.07, 6.45) is 2.73. The predicted molar refractivity (Wildman–Crippen MR) is 249 cm³/mol. The van der Waals surface area contributed by atoms with Crippen molar-refractivity contribution in [3.8, 4) is 22.3 Å². The lowest BCUT2D eigenvalue weighted by atomic mass is 9.90. The molecule has 5 heteroatoms. The van der Waals surface area contributed by atoms with Gasteiger partial charge in [0.25, 0.3) is 0 Å². The van der Waals surface area contributed by atoms with E-state index >= 15 is 0 Å². The Morgan fingerprint density at radius 2 is 0.900 bits per heavy atom. The van der Waals surface area contributed by atoms with E-state index in [1.165, 1.54) is 66.4 Å². The molecule has 0 aromatic heterocycles. The Hall–Kier alpha value is -6.44. The van der Waals surface area contributed by atoms with Crippen LogP contribution in [0, 0.1) is 0 Å². The number of nitrogens with one attached hydrogen (secondary N) is 4. The van der Waals surface area contributed by atoms with Gasteiger partial charge in [0.2, 0.25) is 0 Å². The van der Waals surface area contributed by atoms with Crippen molar-refractivity contribution in [3.63, 3.8) is 0 Å². The van der Waals surface area contributed by atoms with Crippen molar-refractivity contribution < 1.29 is 0 Å². The molecular weight excluding hydrogens is 731 g/mol. The summed E-state index contributed by atoms with van der Waals surface area (Å²) in [5.41, 5.74) is 19.9. The molecule has 4 atom stereocenters. The van der Waals surface area contributed by atoms with Gasteiger partial charge in [-0.2, -0.15) is 0 Å². The van der Waals surface area contributed by atoms with Gasteiger partial charge in [0.05, 0.1) is 24.7 Å². The van der Waals surface area contributed by atoms with Crippen LogP contribution in [0.1, 0.15) is 77.4 Å². The van der Waals surface area contributed by atoms with Crippen LogP contribution >= 0.6 is 0 Å². The highest BCUT2D eigenvalue weighted by atomic mass is 15.4. The molecule has 1 fully saturated rings. The number of rotatable bonds is 12. The molecule has 0 spiro atoms. The standard InChI is InChI=1S/C55H51N5/c1-38(36-39-16-6-2-7-17-39)37-51(57-52(56)43-18-8-3-9-19-43)42-30-26-40(27-31-42)47-34-35-48(50-25-15-14-24-49(47)50)41-28-32-46(33-29-41)55-59-53(44-20-10-4-11-21-44)58-54(60-55)45-22-12-5-13-23-45/h2-36,51-55,57-60H,37,56H2,1H3/b38-36-. The molecule has 4 unspecified atom stereocenters. The Morgan fingerprint density at radius 3 is 1.40 bits per heavy atom. The Balaban J connectivity index is 0.977. The molecule has 6 N–H and O–H groups in total. The van der Waals surface area contributed by atoms with Gasteiger partial charge in [0, 0.05) is 6.04 Å². The summed E-state index contributed by atoms with van der Waals surface area (Å²) < 4.78 is 0. The summed E-state index contributed by atoms with van der Waals surface area (Å²) in [5, 5.41) is 17.6. The molecule has 5 nitrogen and oxygen atoms in total. The summed E-state index contributed by atoms with van der Waals surface area (Å²) in [6.45, 7) is 2.20. The van der Waals surface area contributed by atoms with Crippen molar-refractivity contribution in [2.75, 3.05) is 0 Å². The molecule has 0 bridgehead atoms. The molecule has 296 valence electrons. The molecule has 1 aliphatic rings. The lowest BCUT2D eigenvalue weighted by molar-refractivity contribution is 0.203. The number of benzene rings is 8. The topological polar surface area (TPSA) is 74.1 Å². The highest BCUT2D eigenvalue weighted by Crippen LogP contribution is 2.37. The highest BCUT2D eigenvalue weighted by molar-refractivity contribution is 6.04. The lowest BCUT2D eigenvalue weighted by Gasteiger charge is -2.39. The van der Waals surface area contributed by atoms with E-state index in [1.54, 1.807) is 0 Å². The molecule has 9 rings (SSSR count). The van der Waals surface area contributed by atoms with E-state index in [0.29, 0.717) is 0 Å². The summed E-state index contributed by atoms with van der Waals surface area (Å²) in [7, 11) is 0. The fourth-order valence-corrected chi connectivity index (χ4v) is 8.53. The van der Waals surface area contributed by atoms with Gasteiger partial charge in [-0.05, 0) is 79.8 Å². The van der Waals surface area contributed by atoms with Gasteiger partial charge in [-0.1, -0.05) is 218 Å². The van der Waals surface area contributed by atoms with E-state index in [1.807, 2.05) is 18.2 Å². The van der Waals surface area contributed by atoms with Gasteiger partial charge < -0.3 is 5.73 Å². The quantitative estimate of drug-likeness (QED) is 0.0799. The van der Waals surface area contributed by atoms with Crippen LogP contribution in [0.4, 0.5) is 0 Å². The molecule has 0 saturated carbocycles. The first kappa shape index (κ1) is 39.0. The molecule has 60 heavy (non-hydrogen) atoms. The molecule has 1 saturated heterocycles. The monoisotopic (exact) mass is 781 g/mol. The minimum Gasteiger partial charge on any atom is -0.312 e. The summed E-state index contributed by atoms with van der Waals surface area (Å²) in [6, 6.07) is 73.4. The van der Waals surface area contributed by atoms with Crippen LogP contribution in [0.2, 0.25) is 0 Å². The van der Waals surface area contributed by atoms with E-state index in [4.69, 9.17) is 5.73 Å². The van der Waals surface area contributed by atoms with Gasteiger partial charge >= 0.3 is 0 Å². The smallest absolute Gasteiger partial charge is 0.0864 e. The highest BCUT2D eigenvalue weighted by Gasteiger charge is 2.29. The van der Waals surface area contributed by atoms with Crippen molar-refractivity contribution in [1.29, 1.82) is 0 Å². The maximum atomic E-state index is 6.77. The van der Waals surface area contributed by atoms with Gasteiger partial charge in [-0.15, -0.1) is 0 Å². The number of hydrogen-bond acceptors (Lipinski definition) is 5. The van der Waals surface area contributed by atoms with Crippen molar-refractivity contribution in [3.05, 3.63) is 245 Å². The van der Waals surface area contributed by atoms with Gasteiger partial charge in [0.15, 0.2) is 0 Å². The van der Waals surface area contributed by atoms with Crippen molar-refractivity contribution in [2.24, 2.45) is 5.73 Å².